The Morgan fingerprint density at radius 2 is 1.62 bits per heavy atom. The number of rotatable bonds is 8. The highest BCUT2D eigenvalue weighted by atomic mass is 15.5. The summed E-state index contributed by atoms with van der Waals surface area (Å²) in [5.41, 5.74) is 4.71. The predicted molar refractivity (Wildman–Crippen MR) is 143 cm³/mol. The van der Waals surface area contributed by atoms with Crippen LogP contribution in [0.3, 0.4) is 0 Å². The third kappa shape index (κ3) is 4.18. The molecule has 4 aliphatic carbocycles. The van der Waals surface area contributed by atoms with E-state index < -0.39 is 0 Å². The van der Waals surface area contributed by atoms with Crippen molar-refractivity contribution >= 4 is 0 Å². The van der Waals surface area contributed by atoms with E-state index in [1.807, 2.05) is 18.2 Å². The van der Waals surface area contributed by atoms with Crippen LogP contribution in [0.4, 0.5) is 0 Å². The summed E-state index contributed by atoms with van der Waals surface area (Å²) in [6.07, 6.45) is 11.6. The monoisotopic (exact) mass is 493 g/mol. The molecule has 0 saturated heterocycles. The second-order valence-corrected chi connectivity index (χ2v) is 11.8. The van der Waals surface area contributed by atoms with Gasteiger partial charge in [0.15, 0.2) is 5.82 Å². The molecule has 190 valence electrons. The first-order valence-electron chi connectivity index (χ1n) is 14.1. The molecule has 0 spiro atoms. The van der Waals surface area contributed by atoms with Crippen molar-refractivity contribution in [3.8, 4) is 22.5 Å². The Morgan fingerprint density at radius 3 is 2.27 bits per heavy atom. The normalized spacial score (nSPS) is 26.1. The number of hydrogen-bond acceptors (Lipinski definition) is 5. The van der Waals surface area contributed by atoms with Crippen molar-refractivity contribution in [1.29, 1.82) is 0 Å². The summed E-state index contributed by atoms with van der Waals surface area (Å²) in [5, 5.41) is 19.9. The highest BCUT2D eigenvalue weighted by Crippen LogP contribution is 2.60. The number of H-pyrrole nitrogens is 1. The average molecular weight is 494 g/mol. The van der Waals surface area contributed by atoms with Gasteiger partial charge in [-0.25, -0.2) is 9.67 Å². The Morgan fingerprint density at radius 1 is 0.919 bits per heavy atom. The van der Waals surface area contributed by atoms with Crippen LogP contribution in [0.25, 0.3) is 22.5 Å². The van der Waals surface area contributed by atoms with E-state index in [0.29, 0.717) is 5.82 Å². The second kappa shape index (κ2) is 9.19. The Balaban J connectivity index is 1.17. The van der Waals surface area contributed by atoms with Gasteiger partial charge < -0.3 is 0 Å². The van der Waals surface area contributed by atoms with Gasteiger partial charge in [0.05, 0.1) is 6.54 Å². The fourth-order valence-corrected chi connectivity index (χ4v) is 7.80. The Bertz CT molecular complexity index is 1330. The fourth-order valence-electron chi connectivity index (χ4n) is 7.80. The minimum atomic E-state index is 0.240. The summed E-state index contributed by atoms with van der Waals surface area (Å²) in [5.74, 6) is 5.64. The first kappa shape index (κ1) is 22.8. The van der Waals surface area contributed by atoms with Crippen molar-refractivity contribution in [2.24, 2.45) is 17.8 Å². The van der Waals surface area contributed by atoms with Crippen molar-refractivity contribution in [1.82, 2.24) is 35.4 Å². The number of tetrazole rings is 1. The van der Waals surface area contributed by atoms with Crippen LogP contribution in [0.1, 0.15) is 75.5 Å². The van der Waals surface area contributed by atoms with Crippen molar-refractivity contribution < 1.29 is 0 Å². The van der Waals surface area contributed by atoms with Gasteiger partial charge in [-0.2, -0.15) is 10.3 Å². The molecule has 2 aromatic carbocycles. The number of hydrogen-bond donors (Lipinski definition) is 1. The number of nitrogens with zero attached hydrogens (tertiary/aromatic N) is 6. The molecule has 0 atom stereocenters. The third-order valence-electron chi connectivity index (χ3n) is 9.13. The first-order valence-corrected chi connectivity index (χ1v) is 14.1. The molecule has 37 heavy (non-hydrogen) atoms. The highest BCUT2D eigenvalue weighted by Gasteiger charge is 2.53. The third-order valence-corrected chi connectivity index (χ3v) is 9.13. The van der Waals surface area contributed by atoms with Gasteiger partial charge in [0.1, 0.15) is 5.82 Å². The lowest BCUT2D eigenvalue weighted by Gasteiger charge is -2.55. The van der Waals surface area contributed by atoms with E-state index in [2.05, 4.69) is 62.6 Å². The Labute approximate surface area is 218 Å². The lowest BCUT2D eigenvalue weighted by Crippen LogP contribution is -2.49. The van der Waals surface area contributed by atoms with Gasteiger partial charge in [-0.15, -0.1) is 10.2 Å². The quantitative estimate of drug-likeness (QED) is 0.326. The summed E-state index contributed by atoms with van der Waals surface area (Å²) < 4.78 is 2.21. The van der Waals surface area contributed by atoms with Gasteiger partial charge in [-0.05, 0) is 84.6 Å². The van der Waals surface area contributed by atoms with Crippen molar-refractivity contribution in [2.75, 3.05) is 0 Å². The highest BCUT2D eigenvalue weighted by molar-refractivity contribution is 5.80. The minimum Gasteiger partial charge on any atom is -0.245 e. The molecule has 4 aliphatic rings. The van der Waals surface area contributed by atoms with Crippen LogP contribution in [0.5, 0.6) is 0 Å². The standard InChI is InChI=1S/C30H35N7/c1-2-3-8-27-31-29(30-16-21-13-22(17-30)15-23(14-21)18-30)34-37(27)19-20-9-11-24(12-10-20)25-6-4-5-7-26(25)28-32-35-36-33-28/h4-7,9-12,21-23H,2-3,8,13-19H2,1H3,(H,32,33,35,36). The summed E-state index contributed by atoms with van der Waals surface area (Å²) >= 11 is 0. The molecule has 4 fully saturated rings. The van der Waals surface area contributed by atoms with Crippen LogP contribution in [-0.4, -0.2) is 35.4 Å². The molecule has 7 heteroatoms. The van der Waals surface area contributed by atoms with Gasteiger partial charge in [-0.1, -0.05) is 61.9 Å². The lowest BCUT2D eigenvalue weighted by atomic mass is 9.49. The minimum absolute atomic E-state index is 0.240. The van der Waals surface area contributed by atoms with Gasteiger partial charge in [0.25, 0.3) is 0 Å². The van der Waals surface area contributed by atoms with Crippen molar-refractivity contribution in [2.45, 2.75) is 76.7 Å². The van der Waals surface area contributed by atoms with Crippen LogP contribution >= 0.6 is 0 Å². The van der Waals surface area contributed by atoms with Gasteiger partial charge in [0, 0.05) is 17.4 Å². The molecule has 2 aromatic heterocycles. The number of aryl methyl sites for hydroxylation is 1. The summed E-state index contributed by atoms with van der Waals surface area (Å²) in [6, 6.07) is 17.0. The Kier molecular flexibility index (Phi) is 5.67. The van der Waals surface area contributed by atoms with Gasteiger partial charge in [0.2, 0.25) is 5.82 Å². The van der Waals surface area contributed by atoms with E-state index in [-0.39, 0.29) is 5.41 Å². The van der Waals surface area contributed by atoms with Gasteiger partial charge in [-0.3, -0.25) is 0 Å². The maximum atomic E-state index is 5.27. The largest absolute Gasteiger partial charge is 0.245 e. The molecule has 0 amide bonds. The van der Waals surface area contributed by atoms with E-state index in [1.54, 1.807) is 0 Å². The van der Waals surface area contributed by atoms with Crippen LogP contribution in [-0.2, 0) is 18.4 Å². The number of nitrogens with one attached hydrogen (secondary N) is 1. The number of benzene rings is 2. The van der Waals surface area contributed by atoms with E-state index in [9.17, 15) is 0 Å². The second-order valence-electron chi connectivity index (χ2n) is 11.8. The molecule has 0 aliphatic heterocycles. The molecular formula is C30H35N7. The smallest absolute Gasteiger partial charge is 0.205 e. The molecule has 7 nitrogen and oxygen atoms in total. The molecule has 0 radical (unpaired) electrons. The molecule has 4 aromatic rings. The number of aromatic nitrogens is 7. The zero-order chi connectivity index (χ0) is 24.8. The van der Waals surface area contributed by atoms with E-state index in [4.69, 9.17) is 10.1 Å². The topological polar surface area (TPSA) is 85.2 Å². The number of unbranched alkanes of at least 4 members (excludes halogenated alkanes) is 1. The van der Waals surface area contributed by atoms with Crippen molar-refractivity contribution in [3.05, 3.63) is 65.7 Å². The predicted octanol–water partition coefficient (Wildman–Crippen LogP) is 5.98. The maximum Gasteiger partial charge on any atom is 0.205 e. The summed E-state index contributed by atoms with van der Waals surface area (Å²) in [6.45, 7) is 3.02. The molecule has 2 heterocycles. The van der Waals surface area contributed by atoms with Crippen molar-refractivity contribution in [3.63, 3.8) is 0 Å². The first-order chi connectivity index (χ1) is 18.2. The van der Waals surface area contributed by atoms with E-state index in [1.165, 1.54) is 56.3 Å². The Hall–Kier alpha value is -3.35. The zero-order valence-corrected chi connectivity index (χ0v) is 21.6. The lowest BCUT2D eigenvalue weighted by molar-refractivity contribution is -0.00944. The summed E-state index contributed by atoms with van der Waals surface area (Å²) in [7, 11) is 0. The van der Waals surface area contributed by atoms with Crippen LogP contribution in [0, 0.1) is 17.8 Å². The maximum absolute atomic E-state index is 5.27. The van der Waals surface area contributed by atoms with Crippen LogP contribution in [0.2, 0.25) is 0 Å². The SMILES string of the molecule is CCCCc1nc(C23CC4CC(CC(C4)C2)C3)nn1Cc1ccc(-c2ccccc2-c2nn[nH]n2)cc1. The average Bonchev–Trinajstić information content (AvgIpc) is 3.58. The zero-order valence-electron chi connectivity index (χ0n) is 21.6. The van der Waals surface area contributed by atoms with Crippen LogP contribution < -0.4 is 0 Å². The van der Waals surface area contributed by atoms with Crippen LogP contribution in [0.15, 0.2) is 48.5 Å². The molecule has 4 saturated carbocycles. The van der Waals surface area contributed by atoms with E-state index >= 15 is 0 Å². The molecule has 8 rings (SSSR count). The molecule has 0 unspecified atom stereocenters. The molecule has 1 N–H and O–H groups in total. The summed E-state index contributed by atoms with van der Waals surface area (Å²) in [4.78, 5) is 5.27. The molecular weight excluding hydrogens is 458 g/mol. The fraction of sp³-hybridized carbons (Fsp3) is 0.500. The van der Waals surface area contributed by atoms with Gasteiger partial charge >= 0.3 is 0 Å². The molecule has 4 bridgehead atoms. The van der Waals surface area contributed by atoms with E-state index in [0.717, 1.165) is 59.7 Å². The number of aromatic amines is 1.